The molecule has 0 fully saturated rings. The molecule has 4 heteroatoms. The molecule has 0 atom stereocenters. The maximum Gasteiger partial charge on any atom is 0.229 e. The zero-order valence-electron chi connectivity index (χ0n) is 11.8. The van der Waals surface area contributed by atoms with Crippen LogP contribution in [0.3, 0.4) is 0 Å². The van der Waals surface area contributed by atoms with Crippen LogP contribution < -0.4 is 0 Å². The third-order valence-electron chi connectivity index (χ3n) is 2.56. The molecule has 0 N–H and O–H groups in total. The van der Waals surface area contributed by atoms with Crippen LogP contribution in [0.1, 0.15) is 30.0 Å². The van der Waals surface area contributed by atoms with Crippen molar-refractivity contribution in [1.29, 1.82) is 0 Å². The van der Waals surface area contributed by atoms with Crippen molar-refractivity contribution in [3.05, 3.63) is 35.6 Å². The van der Waals surface area contributed by atoms with Crippen molar-refractivity contribution in [3.8, 4) is 0 Å². The van der Waals surface area contributed by atoms with Gasteiger partial charge in [0.25, 0.3) is 0 Å². The summed E-state index contributed by atoms with van der Waals surface area (Å²) in [6, 6.07) is 7.03. The van der Waals surface area contributed by atoms with Crippen LogP contribution in [0.4, 0.5) is 0 Å². The Morgan fingerprint density at radius 2 is 1.95 bits per heavy atom. The number of carbonyl (C=O) groups is 2. The fourth-order valence-corrected chi connectivity index (χ4v) is 1.57. The van der Waals surface area contributed by atoms with Crippen LogP contribution in [0.2, 0.25) is 0 Å². The molecular formula is C15H19NO3. The second-order valence-electron chi connectivity index (χ2n) is 4.09. The van der Waals surface area contributed by atoms with Gasteiger partial charge in [0, 0.05) is 25.0 Å². The summed E-state index contributed by atoms with van der Waals surface area (Å²) < 4.78 is 5.52. The molecule has 0 unspecified atom stereocenters. The van der Waals surface area contributed by atoms with E-state index in [9.17, 15) is 9.59 Å². The van der Waals surface area contributed by atoms with Crippen molar-refractivity contribution < 1.29 is 14.0 Å². The Morgan fingerprint density at radius 3 is 2.53 bits per heavy atom. The van der Waals surface area contributed by atoms with Gasteiger partial charge < -0.3 is 9.32 Å². The molecule has 1 aromatic carbocycles. The molecule has 1 amide bonds. The van der Waals surface area contributed by atoms with Crippen molar-refractivity contribution in [3.63, 3.8) is 0 Å². The summed E-state index contributed by atoms with van der Waals surface area (Å²) in [5.74, 6) is 0.599. The van der Waals surface area contributed by atoms with Gasteiger partial charge in [-0.3, -0.25) is 9.59 Å². The molecule has 0 radical (unpaired) electrons. The second-order valence-corrected chi connectivity index (χ2v) is 4.09. The molecule has 0 saturated carbocycles. The Morgan fingerprint density at radius 1 is 1.26 bits per heavy atom. The average molecular weight is 261 g/mol. The van der Waals surface area contributed by atoms with Crippen LogP contribution in [0, 0.1) is 0 Å². The standard InChI is InChI=1S/C13H13NO3.C2H6/c1-14(2)13(16)7-11-6-10-4-3-9(8-15)5-12(10)17-11;1-2/h3-6,8H,7H2,1-2H3;1-2H3. The lowest BCUT2D eigenvalue weighted by Crippen LogP contribution is -2.23. The van der Waals surface area contributed by atoms with Gasteiger partial charge in [-0.15, -0.1) is 0 Å². The molecule has 2 rings (SSSR count). The first-order chi connectivity index (χ1) is 9.10. The highest BCUT2D eigenvalue weighted by atomic mass is 16.3. The van der Waals surface area contributed by atoms with Crippen LogP contribution in [-0.2, 0) is 11.2 Å². The Bertz CT molecular complexity index is 570. The number of benzene rings is 1. The molecule has 4 nitrogen and oxygen atoms in total. The SMILES string of the molecule is CC.CN(C)C(=O)Cc1cc2ccc(C=O)cc2o1. The van der Waals surface area contributed by atoms with Crippen molar-refractivity contribution in [2.75, 3.05) is 14.1 Å². The molecule has 0 saturated heterocycles. The first-order valence-corrected chi connectivity index (χ1v) is 6.28. The number of furan rings is 1. The minimum atomic E-state index is -0.0142. The molecule has 1 heterocycles. The van der Waals surface area contributed by atoms with E-state index in [0.29, 0.717) is 16.9 Å². The molecule has 0 bridgehead atoms. The fraction of sp³-hybridized carbons (Fsp3) is 0.333. The lowest BCUT2D eigenvalue weighted by Gasteiger charge is -2.07. The highest BCUT2D eigenvalue weighted by Crippen LogP contribution is 2.20. The van der Waals surface area contributed by atoms with Gasteiger partial charge in [0.15, 0.2) is 0 Å². The molecule has 1 aromatic heterocycles. The monoisotopic (exact) mass is 261 g/mol. The number of fused-ring (bicyclic) bond motifs is 1. The number of likely N-dealkylation sites (N-methyl/N-ethyl adjacent to an activating group) is 1. The number of nitrogens with zero attached hydrogens (tertiary/aromatic N) is 1. The summed E-state index contributed by atoms with van der Waals surface area (Å²) in [5.41, 5.74) is 1.20. The quantitative estimate of drug-likeness (QED) is 0.798. The summed E-state index contributed by atoms with van der Waals surface area (Å²) in [6.07, 6.45) is 1.00. The van der Waals surface area contributed by atoms with E-state index in [1.165, 1.54) is 4.90 Å². The fourth-order valence-electron chi connectivity index (χ4n) is 1.57. The third kappa shape index (κ3) is 3.68. The van der Waals surface area contributed by atoms with Crippen molar-refractivity contribution >= 4 is 23.2 Å². The number of amides is 1. The van der Waals surface area contributed by atoms with E-state index >= 15 is 0 Å². The lowest BCUT2D eigenvalue weighted by molar-refractivity contribution is -0.128. The van der Waals surface area contributed by atoms with Gasteiger partial charge in [-0.05, 0) is 12.1 Å². The summed E-state index contributed by atoms with van der Waals surface area (Å²) in [6.45, 7) is 4.00. The number of hydrogen-bond acceptors (Lipinski definition) is 3. The highest BCUT2D eigenvalue weighted by Gasteiger charge is 2.10. The zero-order valence-corrected chi connectivity index (χ0v) is 11.8. The van der Waals surface area contributed by atoms with Crippen molar-refractivity contribution in [1.82, 2.24) is 4.90 Å². The Kier molecular flexibility index (Phi) is 5.30. The molecule has 0 aliphatic heterocycles. The van der Waals surface area contributed by atoms with E-state index in [4.69, 9.17) is 4.42 Å². The predicted molar refractivity (Wildman–Crippen MR) is 75.3 cm³/mol. The van der Waals surface area contributed by atoms with Crippen molar-refractivity contribution in [2.45, 2.75) is 20.3 Å². The lowest BCUT2D eigenvalue weighted by atomic mass is 10.2. The number of rotatable bonds is 3. The van der Waals surface area contributed by atoms with Crippen LogP contribution >= 0.6 is 0 Å². The zero-order chi connectivity index (χ0) is 14.4. The van der Waals surface area contributed by atoms with Gasteiger partial charge in [0.1, 0.15) is 17.6 Å². The normalized spacial score (nSPS) is 9.68. The van der Waals surface area contributed by atoms with Gasteiger partial charge in [-0.2, -0.15) is 0 Å². The highest BCUT2D eigenvalue weighted by molar-refractivity contribution is 5.87. The van der Waals surface area contributed by atoms with Crippen LogP contribution in [0.15, 0.2) is 28.7 Å². The largest absolute Gasteiger partial charge is 0.461 e. The number of aldehydes is 1. The molecule has 0 aliphatic carbocycles. The van der Waals surface area contributed by atoms with Crippen LogP contribution in [-0.4, -0.2) is 31.2 Å². The molecule has 2 aromatic rings. The summed E-state index contributed by atoms with van der Waals surface area (Å²) >= 11 is 0. The Labute approximate surface area is 113 Å². The first kappa shape index (κ1) is 15.0. The van der Waals surface area contributed by atoms with E-state index in [1.54, 1.807) is 26.2 Å². The first-order valence-electron chi connectivity index (χ1n) is 6.28. The topological polar surface area (TPSA) is 50.5 Å². The van der Waals surface area contributed by atoms with Crippen molar-refractivity contribution in [2.24, 2.45) is 0 Å². The average Bonchev–Trinajstić information content (AvgIpc) is 2.81. The van der Waals surface area contributed by atoms with Gasteiger partial charge in [0.2, 0.25) is 5.91 Å². The van der Waals surface area contributed by atoms with E-state index in [0.717, 1.165) is 11.7 Å². The van der Waals surface area contributed by atoms with E-state index in [2.05, 4.69) is 0 Å². The Hall–Kier alpha value is -2.10. The summed E-state index contributed by atoms with van der Waals surface area (Å²) in [5, 5.41) is 0.900. The van der Waals surface area contributed by atoms with E-state index < -0.39 is 0 Å². The minimum absolute atomic E-state index is 0.0142. The van der Waals surface area contributed by atoms with Gasteiger partial charge in [-0.1, -0.05) is 26.0 Å². The molecular weight excluding hydrogens is 242 g/mol. The van der Waals surface area contributed by atoms with Crippen LogP contribution in [0.5, 0.6) is 0 Å². The van der Waals surface area contributed by atoms with E-state index in [-0.39, 0.29) is 12.3 Å². The summed E-state index contributed by atoms with van der Waals surface area (Å²) in [4.78, 5) is 23.7. The molecule has 0 aliphatic rings. The number of hydrogen-bond donors (Lipinski definition) is 0. The third-order valence-corrected chi connectivity index (χ3v) is 2.56. The maximum absolute atomic E-state index is 11.5. The van der Waals surface area contributed by atoms with Crippen LogP contribution in [0.25, 0.3) is 11.0 Å². The van der Waals surface area contributed by atoms with Gasteiger partial charge >= 0.3 is 0 Å². The second kappa shape index (κ2) is 6.73. The number of carbonyl (C=O) groups excluding carboxylic acids is 2. The summed E-state index contributed by atoms with van der Waals surface area (Å²) in [7, 11) is 3.41. The predicted octanol–water partition coefficient (Wildman–Crippen LogP) is 2.90. The molecule has 19 heavy (non-hydrogen) atoms. The maximum atomic E-state index is 11.5. The van der Waals surface area contributed by atoms with Gasteiger partial charge in [-0.25, -0.2) is 0 Å². The minimum Gasteiger partial charge on any atom is -0.461 e. The Balaban J connectivity index is 0.000000861. The molecule has 102 valence electrons. The molecule has 0 spiro atoms. The van der Waals surface area contributed by atoms with Gasteiger partial charge in [0.05, 0.1) is 6.42 Å². The van der Waals surface area contributed by atoms with E-state index in [1.807, 2.05) is 26.0 Å². The smallest absolute Gasteiger partial charge is 0.229 e.